The first-order valence-corrected chi connectivity index (χ1v) is 6.95. The van der Waals surface area contributed by atoms with E-state index in [4.69, 9.17) is 11.6 Å². The summed E-state index contributed by atoms with van der Waals surface area (Å²) in [6.07, 6.45) is 2.42. The summed E-state index contributed by atoms with van der Waals surface area (Å²) in [5.74, 6) is -0.394. The Kier molecular flexibility index (Phi) is 5.11. The zero-order valence-corrected chi connectivity index (χ0v) is 12.2. The van der Waals surface area contributed by atoms with Crippen LogP contribution in [0, 0.1) is 5.82 Å². The van der Waals surface area contributed by atoms with Crippen molar-refractivity contribution in [3.8, 4) is 0 Å². The summed E-state index contributed by atoms with van der Waals surface area (Å²) < 4.78 is 13.7. The second kappa shape index (κ2) is 7.04. The van der Waals surface area contributed by atoms with Crippen molar-refractivity contribution in [3.63, 3.8) is 0 Å². The Morgan fingerprint density at radius 3 is 2.81 bits per heavy atom. The first kappa shape index (κ1) is 15.3. The largest absolute Gasteiger partial charge is 0.370 e. The van der Waals surface area contributed by atoms with E-state index in [1.807, 2.05) is 6.92 Å². The number of carbonyl (C=O) groups excluding carboxylic acids is 1. The minimum absolute atomic E-state index is 0.0370. The lowest BCUT2D eigenvalue weighted by atomic mass is 10.2. The zero-order chi connectivity index (χ0) is 15.2. The molecule has 110 valence electrons. The number of aromatic nitrogens is 1. The number of rotatable bonds is 5. The molecule has 0 saturated heterocycles. The summed E-state index contributed by atoms with van der Waals surface area (Å²) in [5, 5.41) is 5.54. The molecule has 0 bridgehead atoms. The van der Waals surface area contributed by atoms with Crippen molar-refractivity contribution < 1.29 is 9.18 Å². The van der Waals surface area contributed by atoms with Crippen molar-refractivity contribution in [3.05, 3.63) is 52.9 Å². The molecule has 0 aliphatic rings. The molecule has 0 saturated carbocycles. The van der Waals surface area contributed by atoms with Gasteiger partial charge in [-0.1, -0.05) is 24.6 Å². The van der Waals surface area contributed by atoms with Gasteiger partial charge in [-0.05, 0) is 30.7 Å². The highest BCUT2D eigenvalue weighted by Crippen LogP contribution is 2.22. The van der Waals surface area contributed by atoms with Crippen LogP contribution in [-0.2, 0) is 0 Å². The van der Waals surface area contributed by atoms with E-state index in [0.717, 1.165) is 13.0 Å². The van der Waals surface area contributed by atoms with Crippen molar-refractivity contribution >= 4 is 29.0 Å². The van der Waals surface area contributed by atoms with Crippen LogP contribution in [0.2, 0.25) is 5.02 Å². The third kappa shape index (κ3) is 3.92. The fraction of sp³-hybridized carbons (Fsp3) is 0.200. The highest BCUT2D eigenvalue weighted by atomic mass is 35.5. The number of benzene rings is 1. The summed E-state index contributed by atoms with van der Waals surface area (Å²) in [6, 6.07) is 7.77. The first-order valence-electron chi connectivity index (χ1n) is 6.57. The van der Waals surface area contributed by atoms with E-state index in [-0.39, 0.29) is 10.7 Å². The molecule has 1 amide bonds. The summed E-state index contributed by atoms with van der Waals surface area (Å²) in [6.45, 7) is 2.86. The summed E-state index contributed by atoms with van der Waals surface area (Å²) in [7, 11) is 0. The van der Waals surface area contributed by atoms with Gasteiger partial charge < -0.3 is 10.6 Å². The smallest absolute Gasteiger partial charge is 0.257 e. The maximum Gasteiger partial charge on any atom is 0.257 e. The van der Waals surface area contributed by atoms with Gasteiger partial charge in [0.2, 0.25) is 0 Å². The molecule has 1 aromatic heterocycles. The molecule has 2 rings (SSSR count). The zero-order valence-electron chi connectivity index (χ0n) is 11.5. The fourth-order valence-electron chi connectivity index (χ4n) is 1.68. The van der Waals surface area contributed by atoms with Crippen molar-refractivity contribution in [1.82, 2.24) is 4.98 Å². The molecule has 0 spiro atoms. The molecule has 0 atom stereocenters. The van der Waals surface area contributed by atoms with Gasteiger partial charge in [-0.25, -0.2) is 9.37 Å². The van der Waals surface area contributed by atoms with Crippen LogP contribution in [0.1, 0.15) is 23.7 Å². The average Bonchev–Trinajstić information content (AvgIpc) is 2.50. The van der Waals surface area contributed by atoms with Crippen LogP contribution >= 0.6 is 11.6 Å². The lowest BCUT2D eigenvalue weighted by Crippen LogP contribution is -2.13. The highest BCUT2D eigenvalue weighted by molar-refractivity contribution is 6.31. The van der Waals surface area contributed by atoms with E-state index >= 15 is 0 Å². The minimum atomic E-state index is -0.651. The predicted octanol–water partition coefficient (Wildman–Crippen LogP) is 3.95. The standard InChI is InChI=1S/C15H15ClFN3O/c1-2-8-18-13-7-6-10(9-19-13)15(21)20-12-5-3-4-11(16)14(12)17/h3-7,9H,2,8H2,1H3,(H,18,19)(H,20,21). The fourth-order valence-corrected chi connectivity index (χ4v) is 1.86. The third-order valence-corrected chi connectivity index (χ3v) is 3.07. The van der Waals surface area contributed by atoms with Crippen molar-refractivity contribution in [2.45, 2.75) is 13.3 Å². The number of nitrogens with zero attached hydrogens (tertiary/aromatic N) is 1. The number of amides is 1. The second-order valence-electron chi connectivity index (χ2n) is 4.41. The Balaban J connectivity index is 2.08. The van der Waals surface area contributed by atoms with E-state index in [2.05, 4.69) is 15.6 Å². The minimum Gasteiger partial charge on any atom is -0.370 e. The van der Waals surface area contributed by atoms with E-state index < -0.39 is 11.7 Å². The Bertz CT molecular complexity index is 631. The number of hydrogen-bond donors (Lipinski definition) is 2. The molecule has 0 aliphatic carbocycles. The van der Waals surface area contributed by atoms with Crippen LogP contribution < -0.4 is 10.6 Å². The Morgan fingerprint density at radius 2 is 2.14 bits per heavy atom. The molecule has 1 heterocycles. The summed E-state index contributed by atoms with van der Waals surface area (Å²) >= 11 is 5.67. The maximum absolute atomic E-state index is 13.7. The monoisotopic (exact) mass is 307 g/mol. The lowest BCUT2D eigenvalue weighted by Gasteiger charge is -2.08. The number of pyridine rings is 1. The van der Waals surface area contributed by atoms with Crippen LogP contribution in [0.5, 0.6) is 0 Å². The maximum atomic E-state index is 13.7. The van der Waals surface area contributed by atoms with E-state index in [1.165, 1.54) is 18.3 Å². The number of hydrogen-bond acceptors (Lipinski definition) is 3. The number of carbonyl (C=O) groups is 1. The molecule has 2 N–H and O–H groups in total. The molecule has 0 radical (unpaired) electrons. The van der Waals surface area contributed by atoms with E-state index in [9.17, 15) is 9.18 Å². The van der Waals surface area contributed by atoms with Crippen LogP contribution in [0.15, 0.2) is 36.5 Å². The van der Waals surface area contributed by atoms with Gasteiger partial charge in [0, 0.05) is 12.7 Å². The highest BCUT2D eigenvalue weighted by Gasteiger charge is 2.11. The molecule has 4 nitrogen and oxygen atoms in total. The van der Waals surface area contributed by atoms with E-state index in [1.54, 1.807) is 18.2 Å². The molecular weight excluding hydrogens is 293 g/mol. The second-order valence-corrected chi connectivity index (χ2v) is 4.82. The van der Waals surface area contributed by atoms with Gasteiger partial charge in [-0.15, -0.1) is 0 Å². The Labute approximate surface area is 127 Å². The number of halogens is 2. The van der Waals surface area contributed by atoms with Gasteiger partial charge in [-0.2, -0.15) is 0 Å². The third-order valence-electron chi connectivity index (χ3n) is 2.78. The lowest BCUT2D eigenvalue weighted by molar-refractivity contribution is 0.102. The van der Waals surface area contributed by atoms with Gasteiger partial charge in [0.1, 0.15) is 5.82 Å². The SMILES string of the molecule is CCCNc1ccc(C(=O)Nc2cccc(Cl)c2F)cn1. The normalized spacial score (nSPS) is 10.2. The van der Waals surface area contributed by atoms with Gasteiger partial charge in [0.15, 0.2) is 5.82 Å². The number of anilines is 2. The van der Waals surface area contributed by atoms with Crippen molar-refractivity contribution in [2.75, 3.05) is 17.2 Å². The average molecular weight is 308 g/mol. The summed E-state index contributed by atoms with van der Waals surface area (Å²) in [5.41, 5.74) is 0.386. The molecule has 0 fully saturated rings. The van der Waals surface area contributed by atoms with Gasteiger partial charge >= 0.3 is 0 Å². The van der Waals surface area contributed by atoms with Gasteiger partial charge in [0.25, 0.3) is 5.91 Å². The topological polar surface area (TPSA) is 54.0 Å². The van der Waals surface area contributed by atoms with Crippen LogP contribution in [0.3, 0.4) is 0 Å². The first-order chi connectivity index (χ1) is 10.1. The quantitative estimate of drug-likeness (QED) is 0.879. The van der Waals surface area contributed by atoms with E-state index in [0.29, 0.717) is 11.4 Å². The Hall–Kier alpha value is -2.14. The molecule has 0 unspecified atom stereocenters. The van der Waals surface area contributed by atoms with Gasteiger partial charge in [0.05, 0.1) is 16.3 Å². The predicted molar refractivity (Wildman–Crippen MR) is 82.4 cm³/mol. The molecule has 6 heteroatoms. The van der Waals surface area contributed by atoms with Gasteiger partial charge in [-0.3, -0.25) is 4.79 Å². The molecule has 2 aromatic rings. The molecular formula is C15H15ClFN3O. The van der Waals surface area contributed by atoms with Crippen LogP contribution in [0.25, 0.3) is 0 Å². The van der Waals surface area contributed by atoms with Crippen LogP contribution in [0.4, 0.5) is 15.9 Å². The molecule has 0 aliphatic heterocycles. The molecule has 21 heavy (non-hydrogen) atoms. The summed E-state index contributed by atoms with van der Waals surface area (Å²) in [4.78, 5) is 16.1. The number of nitrogens with one attached hydrogen (secondary N) is 2. The van der Waals surface area contributed by atoms with Crippen molar-refractivity contribution in [2.24, 2.45) is 0 Å². The molecule has 1 aromatic carbocycles. The van der Waals surface area contributed by atoms with Crippen molar-refractivity contribution in [1.29, 1.82) is 0 Å². The van der Waals surface area contributed by atoms with Crippen LogP contribution in [-0.4, -0.2) is 17.4 Å². The Morgan fingerprint density at radius 1 is 1.33 bits per heavy atom.